The van der Waals surface area contributed by atoms with Crippen LogP contribution in [0.2, 0.25) is 0 Å². The highest BCUT2D eigenvalue weighted by molar-refractivity contribution is 5.82. The van der Waals surface area contributed by atoms with Crippen molar-refractivity contribution >= 4 is 18.3 Å². The second kappa shape index (κ2) is 7.04. The SMILES string of the molecule is O=C(O)C(Cc1c[nH]cn1)N=C/C=C/c1ccccc1. The number of carbonyl (C=O) groups is 1. The Morgan fingerprint density at radius 2 is 2.20 bits per heavy atom. The van der Waals surface area contributed by atoms with Crippen molar-refractivity contribution in [3.63, 3.8) is 0 Å². The van der Waals surface area contributed by atoms with Crippen molar-refractivity contribution in [1.82, 2.24) is 9.97 Å². The van der Waals surface area contributed by atoms with Crippen LogP contribution in [-0.4, -0.2) is 33.3 Å². The summed E-state index contributed by atoms with van der Waals surface area (Å²) in [5, 5.41) is 9.11. The van der Waals surface area contributed by atoms with Gasteiger partial charge in [-0.2, -0.15) is 0 Å². The number of aromatic amines is 1. The van der Waals surface area contributed by atoms with E-state index in [4.69, 9.17) is 5.11 Å². The molecule has 1 heterocycles. The van der Waals surface area contributed by atoms with Gasteiger partial charge in [0.1, 0.15) is 0 Å². The molecular formula is C15H15N3O2. The van der Waals surface area contributed by atoms with Gasteiger partial charge in [0.15, 0.2) is 6.04 Å². The van der Waals surface area contributed by atoms with Gasteiger partial charge in [0.25, 0.3) is 0 Å². The number of H-pyrrole nitrogens is 1. The van der Waals surface area contributed by atoms with Crippen molar-refractivity contribution in [3.8, 4) is 0 Å². The van der Waals surface area contributed by atoms with Crippen LogP contribution in [0.15, 0.2) is 53.9 Å². The van der Waals surface area contributed by atoms with Crippen molar-refractivity contribution < 1.29 is 9.90 Å². The van der Waals surface area contributed by atoms with Crippen LogP contribution in [0.5, 0.6) is 0 Å². The number of allylic oxidation sites excluding steroid dienone is 1. The summed E-state index contributed by atoms with van der Waals surface area (Å²) in [6.45, 7) is 0. The third kappa shape index (κ3) is 4.20. The maximum Gasteiger partial charge on any atom is 0.328 e. The lowest BCUT2D eigenvalue weighted by atomic mass is 10.2. The third-order valence-corrected chi connectivity index (χ3v) is 2.68. The number of aromatic nitrogens is 2. The van der Waals surface area contributed by atoms with Gasteiger partial charge in [-0.15, -0.1) is 0 Å². The molecule has 1 unspecified atom stereocenters. The van der Waals surface area contributed by atoms with Crippen LogP contribution in [0, 0.1) is 0 Å². The standard InChI is InChI=1S/C15H15N3O2/c19-15(20)14(9-13-10-16-11-18-13)17-8-4-7-12-5-2-1-3-6-12/h1-8,10-11,14H,9H2,(H,16,18)(H,19,20)/b7-4+,17-8?. The summed E-state index contributed by atoms with van der Waals surface area (Å²) >= 11 is 0. The molecule has 0 aliphatic rings. The van der Waals surface area contributed by atoms with Crippen molar-refractivity contribution in [2.75, 3.05) is 0 Å². The van der Waals surface area contributed by atoms with E-state index in [1.54, 1.807) is 12.3 Å². The van der Waals surface area contributed by atoms with Gasteiger partial charge >= 0.3 is 5.97 Å². The average molecular weight is 269 g/mol. The third-order valence-electron chi connectivity index (χ3n) is 2.68. The minimum absolute atomic E-state index is 0.272. The summed E-state index contributed by atoms with van der Waals surface area (Å²) in [6.07, 6.45) is 8.58. The number of carboxylic acids is 1. The minimum Gasteiger partial charge on any atom is -0.480 e. The molecule has 5 nitrogen and oxygen atoms in total. The van der Waals surface area contributed by atoms with Gasteiger partial charge in [-0.25, -0.2) is 9.78 Å². The molecular weight excluding hydrogens is 254 g/mol. The summed E-state index contributed by atoms with van der Waals surface area (Å²) in [5.41, 5.74) is 1.72. The van der Waals surface area contributed by atoms with E-state index in [0.717, 1.165) is 5.56 Å². The Hall–Kier alpha value is -2.69. The number of rotatable bonds is 6. The second-order valence-corrected chi connectivity index (χ2v) is 4.19. The molecule has 2 aromatic rings. The summed E-state index contributed by atoms with van der Waals surface area (Å²) in [6, 6.07) is 8.92. The Morgan fingerprint density at radius 1 is 1.40 bits per heavy atom. The number of nitrogens with one attached hydrogen (secondary N) is 1. The highest BCUT2D eigenvalue weighted by Crippen LogP contribution is 2.03. The van der Waals surface area contributed by atoms with E-state index in [0.29, 0.717) is 5.69 Å². The maximum absolute atomic E-state index is 11.1. The van der Waals surface area contributed by atoms with E-state index in [2.05, 4.69) is 15.0 Å². The molecule has 1 atom stereocenters. The smallest absolute Gasteiger partial charge is 0.328 e. The van der Waals surface area contributed by atoms with Gasteiger partial charge in [-0.05, 0) is 11.6 Å². The van der Waals surface area contributed by atoms with Crippen molar-refractivity contribution in [2.24, 2.45) is 4.99 Å². The Labute approximate surface area is 116 Å². The first kappa shape index (κ1) is 13.7. The van der Waals surface area contributed by atoms with E-state index in [1.807, 2.05) is 36.4 Å². The Balaban J connectivity index is 1.96. The quantitative estimate of drug-likeness (QED) is 0.789. The van der Waals surface area contributed by atoms with E-state index >= 15 is 0 Å². The van der Waals surface area contributed by atoms with Crippen LogP contribution in [-0.2, 0) is 11.2 Å². The van der Waals surface area contributed by atoms with Crippen LogP contribution < -0.4 is 0 Å². The molecule has 0 radical (unpaired) electrons. The van der Waals surface area contributed by atoms with Crippen LogP contribution in [0.1, 0.15) is 11.3 Å². The Kier molecular flexibility index (Phi) is 4.83. The molecule has 0 spiro atoms. The molecule has 0 amide bonds. The van der Waals surface area contributed by atoms with Gasteiger partial charge in [0.05, 0.1) is 12.0 Å². The summed E-state index contributed by atoms with van der Waals surface area (Å²) in [4.78, 5) is 22.0. The number of carboxylic acid groups (broad SMARTS) is 1. The molecule has 0 saturated heterocycles. The number of hydrogen-bond donors (Lipinski definition) is 2. The first-order chi connectivity index (χ1) is 9.75. The number of aliphatic carboxylic acids is 1. The zero-order valence-corrected chi connectivity index (χ0v) is 10.8. The molecule has 0 aliphatic carbocycles. The topological polar surface area (TPSA) is 78.3 Å². The monoisotopic (exact) mass is 269 g/mol. The summed E-state index contributed by atoms with van der Waals surface area (Å²) < 4.78 is 0. The van der Waals surface area contributed by atoms with Crippen molar-refractivity contribution in [2.45, 2.75) is 12.5 Å². The molecule has 2 rings (SSSR count). The number of nitrogens with zero attached hydrogens (tertiary/aromatic N) is 2. The number of benzene rings is 1. The molecule has 1 aromatic carbocycles. The summed E-state index contributed by atoms with van der Waals surface area (Å²) in [7, 11) is 0. The molecule has 2 N–H and O–H groups in total. The second-order valence-electron chi connectivity index (χ2n) is 4.19. The van der Waals surface area contributed by atoms with Crippen LogP contribution >= 0.6 is 0 Å². The molecule has 1 aromatic heterocycles. The first-order valence-corrected chi connectivity index (χ1v) is 6.21. The van der Waals surface area contributed by atoms with E-state index in [-0.39, 0.29) is 6.42 Å². The van der Waals surface area contributed by atoms with Gasteiger partial charge in [-0.1, -0.05) is 36.4 Å². The lowest BCUT2D eigenvalue weighted by Crippen LogP contribution is -2.20. The van der Waals surface area contributed by atoms with Crippen molar-refractivity contribution in [3.05, 3.63) is 60.2 Å². The normalized spacial score (nSPS) is 13.0. The molecule has 20 heavy (non-hydrogen) atoms. The molecule has 102 valence electrons. The predicted octanol–water partition coefficient (Wildman–Crippen LogP) is 2.19. The number of imidazole rings is 1. The largest absolute Gasteiger partial charge is 0.480 e. The lowest BCUT2D eigenvalue weighted by Gasteiger charge is -2.03. The maximum atomic E-state index is 11.1. The zero-order chi connectivity index (χ0) is 14.2. The molecule has 0 fully saturated rings. The summed E-state index contributed by atoms with van der Waals surface area (Å²) in [5.74, 6) is -0.961. The molecule has 0 bridgehead atoms. The molecule has 0 saturated carbocycles. The lowest BCUT2D eigenvalue weighted by molar-refractivity contribution is -0.138. The van der Waals surface area contributed by atoms with E-state index in [1.165, 1.54) is 12.5 Å². The van der Waals surface area contributed by atoms with Crippen LogP contribution in [0.25, 0.3) is 6.08 Å². The van der Waals surface area contributed by atoms with Gasteiger partial charge in [-0.3, -0.25) is 4.99 Å². The van der Waals surface area contributed by atoms with E-state index < -0.39 is 12.0 Å². The first-order valence-electron chi connectivity index (χ1n) is 6.21. The Morgan fingerprint density at radius 3 is 2.85 bits per heavy atom. The predicted molar refractivity (Wildman–Crippen MR) is 77.7 cm³/mol. The molecule has 5 heteroatoms. The highest BCUT2D eigenvalue weighted by atomic mass is 16.4. The van der Waals surface area contributed by atoms with Crippen LogP contribution in [0.3, 0.4) is 0 Å². The fraction of sp³-hybridized carbons (Fsp3) is 0.133. The van der Waals surface area contributed by atoms with E-state index in [9.17, 15) is 4.79 Å². The fourth-order valence-corrected chi connectivity index (χ4v) is 1.68. The van der Waals surface area contributed by atoms with Crippen molar-refractivity contribution in [1.29, 1.82) is 0 Å². The number of aliphatic imine (C=N–C) groups is 1. The zero-order valence-electron chi connectivity index (χ0n) is 10.8. The van der Waals surface area contributed by atoms with Gasteiger partial charge in [0, 0.05) is 18.8 Å². The minimum atomic E-state index is -0.961. The highest BCUT2D eigenvalue weighted by Gasteiger charge is 2.16. The van der Waals surface area contributed by atoms with Crippen LogP contribution in [0.4, 0.5) is 0 Å². The molecule has 0 aliphatic heterocycles. The van der Waals surface area contributed by atoms with Gasteiger partial charge in [0.2, 0.25) is 0 Å². The Bertz CT molecular complexity index is 589. The van der Waals surface area contributed by atoms with Gasteiger partial charge < -0.3 is 10.1 Å². The number of hydrogen-bond acceptors (Lipinski definition) is 3. The average Bonchev–Trinajstić information content (AvgIpc) is 2.96. The fourth-order valence-electron chi connectivity index (χ4n) is 1.68.